The molecule has 3 nitrogen and oxygen atoms in total. The van der Waals surface area contributed by atoms with Crippen molar-refractivity contribution in [2.75, 3.05) is 13.2 Å². The second-order valence-corrected chi connectivity index (χ2v) is 4.50. The van der Waals surface area contributed by atoms with Crippen molar-refractivity contribution >= 4 is 0 Å². The van der Waals surface area contributed by atoms with Crippen LogP contribution in [0.5, 0.6) is 0 Å². The first-order chi connectivity index (χ1) is 6.86. The van der Waals surface area contributed by atoms with Crippen molar-refractivity contribution in [1.82, 2.24) is 5.32 Å². The molecule has 0 bridgehead atoms. The van der Waals surface area contributed by atoms with E-state index in [0.29, 0.717) is 12.1 Å². The van der Waals surface area contributed by atoms with Crippen LogP contribution in [0.4, 0.5) is 0 Å². The summed E-state index contributed by atoms with van der Waals surface area (Å²) in [6.45, 7) is 1.83. The Morgan fingerprint density at radius 3 is 2.71 bits per heavy atom. The molecule has 0 aromatic carbocycles. The minimum atomic E-state index is -0.134. The van der Waals surface area contributed by atoms with E-state index in [1.165, 1.54) is 25.7 Å². The maximum absolute atomic E-state index is 9.74. The number of rotatable bonds is 3. The van der Waals surface area contributed by atoms with Gasteiger partial charge < -0.3 is 15.2 Å². The summed E-state index contributed by atoms with van der Waals surface area (Å²) >= 11 is 0. The highest BCUT2D eigenvalue weighted by Crippen LogP contribution is 2.19. The predicted molar refractivity (Wildman–Crippen MR) is 55.2 cm³/mol. The van der Waals surface area contributed by atoms with Crippen molar-refractivity contribution in [2.24, 2.45) is 0 Å². The van der Waals surface area contributed by atoms with Crippen molar-refractivity contribution in [1.29, 1.82) is 0 Å². The third kappa shape index (κ3) is 2.69. The Morgan fingerprint density at radius 1 is 1.14 bits per heavy atom. The van der Waals surface area contributed by atoms with Crippen molar-refractivity contribution in [3.63, 3.8) is 0 Å². The van der Waals surface area contributed by atoms with Crippen LogP contribution in [0.15, 0.2) is 0 Å². The summed E-state index contributed by atoms with van der Waals surface area (Å²) in [6, 6.07) is 0.313. The minimum Gasteiger partial charge on any atom is -0.392 e. The molecule has 3 atom stereocenters. The number of ether oxygens (including phenoxy) is 1. The predicted octanol–water partition coefficient (Wildman–Crippen LogP) is 1.06. The van der Waals surface area contributed by atoms with Gasteiger partial charge in [-0.3, -0.25) is 0 Å². The van der Waals surface area contributed by atoms with Gasteiger partial charge in [-0.25, -0.2) is 0 Å². The molecule has 2 N–H and O–H groups in total. The van der Waals surface area contributed by atoms with Gasteiger partial charge in [-0.2, -0.15) is 0 Å². The van der Waals surface area contributed by atoms with E-state index in [-0.39, 0.29) is 6.10 Å². The van der Waals surface area contributed by atoms with E-state index in [1.807, 2.05) is 0 Å². The SMILES string of the molecule is O[C@@H]1CCCC[C@H]1NC[C@H]1CCCO1. The highest BCUT2D eigenvalue weighted by atomic mass is 16.5. The number of hydrogen-bond acceptors (Lipinski definition) is 3. The Labute approximate surface area is 85.8 Å². The Bertz CT molecular complexity index is 169. The molecule has 0 unspecified atom stereocenters. The molecule has 82 valence electrons. The fourth-order valence-electron chi connectivity index (χ4n) is 2.44. The van der Waals surface area contributed by atoms with E-state index in [0.717, 1.165) is 26.0 Å². The van der Waals surface area contributed by atoms with Gasteiger partial charge in [0, 0.05) is 19.2 Å². The third-order valence-corrected chi connectivity index (χ3v) is 3.36. The van der Waals surface area contributed by atoms with Crippen molar-refractivity contribution in [3.8, 4) is 0 Å². The summed E-state index contributed by atoms with van der Waals surface area (Å²) in [6.07, 6.45) is 7.14. The Hall–Kier alpha value is -0.120. The van der Waals surface area contributed by atoms with Crippen LogP contribution in [-0.4, -0.2) is 36.5 Å². The fraction of sp³-hybridized carbons (Fsp3) is 1.00. The molecular formula is C11H21NO2. The third-order valence-electron chi connectivity index (χ3n) is 3.36. The molecule has 3 heteroatoms. The summed E-state index contributed by atoms with van der Waals surface area (Å²) in [5, 5.41) is 13.2. The van der Waals surface area contributed by atoms with Crippen LogP contribution in [-0.2, 0) is 4.74 Å². The van der Waals surface area contributed by atoms with E-state index in [2.05, 4.69) is 5.32 Å². The van der Waals surface area contributed by atoms with Crippen LogP contribution in [0, 0.1) is 0 Å². The summed E-state index contributed by atoms with van der Waals surface area (Å²) in [7, 11) is 0. The summed E-state index contributed by atoms with van der Waals surface area (Å²) in [5.41, 5.74) is 0. The van der Waals surface area contributed by atoms with Gasteiger partial charge in [0.1, 0.15) is 0 Å². The molecule has 2 rings (SSSR count). The first-order valence-electron chi connectivity index (χ1n) is 5.89. The van der Waals surface area contributed by atoms with Crippen LogP contribution in [0.1, 0.15) is 38.5 Å². The number of aliphatic hydroxyl groups is 1. The standard InChI is InChI=1S/C11H21NO2/c13-11-6-2-1-5-10(11)12-8-9-4-3-7-14-9/h9-13H,1-8H2/t9-,10-,11-/m1/s1. The minimum absolute atomic E-state index is 0.134. The van der Waals surface area contributed by atoms with E-state index in [9.17, 15) is 5.11 Å². The van der Waals surface area contributed by atoms with Gasteiger partial charge in [0.05, 0.1) is 12.2 Å². The van der Waals surface area contributed by atoms with E-state index < -0.39 is 0 Å². The molecule has 1 heterocycles. The largest absolute Gasteiger partial charge is 0.392 e. The Morgan fingerprint density at radius 2 is 2.00 bits per heavy atom. The van der Waals surface area contributed by atoms with Gasteiger partial charge in [0.2, 0.25) is 0 Å². The van der Waals surface area contributed by atoms with Crippen LogP contribution in [0.25, 0.3) is 0 Å². The lowest BCUT2D eigenvalue weighted by Gasteiger charge is -2.29. The summed E-state index contributed by atoms with van der Waals surface area (Å²) < 4.78 is 5.54. The van der Waals surface area contributed by atoms with Gasteiger partial charge in [-0.15, -0.1) is 0 Å². The smallest absolute Gasteiger partial charge is 0.0700 e. The Balaban J connectivity index is 1.67. The molecule has 0 radical (unpaired) electrons. The van der Waals surface area contributed by atoms with Gasteiger partial charge in [0.15, 0.2) is 0 Å². The maximum Gasteiger partial charge on any atom is 0.0700 e. The van der Waals surface area contributed by atoms with Crippen LogP contribution >= 0.6 is 0 Å². The molecule has 1 saturated heterocycles. The molecule has 0 amide bonds. The first-order valence-corrected chi connectivity index (χ1v) is 5.89. The second kappa shape index (κ2) is 5.10. The highest BCUT2D eigenvalue weighted by molar-refractivity contribution is 4.81. The number of aliphatic hydroxyl groups excluding tert-OH is 1. The maximum atomic E-state index is 9.74. The summed E-state index contributed by atoms with van der Waals surface area (Å²) in [5.74, 6) is 0. The van der Waals surface area contributed by atoms with Crippen molar-refractivity contribution < 1.29 is 9.84 Å². The van der Waals surface area contributed by atoms with Gasteiger partial charge in [-0.1, -0.05) is 12.8 Å². The fourth-order valence-corrected chi connectivity index (χ4v) is 2.44. The summed E-state index contributed by atoms with van der Waals surface area (Å²) in [4.78, 5) is 0. The zero-order valence-corrected chi connectivity index (χ0v) is 8.74. The second-order valence-electron chi connectivity index (χ2n) is 4.50. The van der Waals surface area contributed by atoms with Crippen molar-refractivity contribution in [3.05, 3.63) is 0 Å². The molecule has 1 saturated carbocycles. The molecule has 0 spiro atoms. The van der Waals surface area contributed by atoms with E-state index >= 15 is 0 Å². The molecule has 14 heavy (non-hydrogen) atoms. The van der Waals surface area contributed by atoms with Crippen LogP contribution in [0.2, 0.25) is 0 Å². The molecule has 2 aliphatic rings. The molecule has 1 aliphatic heterocycles. The normalized spacial score (nSPS) is 38.8. The first kappa shape index (κ1) is 10.4. The lowest BCUT2D eigenvalue weighted by atomic mass is 9.92. The monoisotopic (exact) mass is 199 g/mol. The van der Waals surface area contributed by atoms with Crippen molar-refractivity contribution in [2.45, 2.75) is 56.8 Å². The molecule has 2 fully saturated rings. The molecule has 0 aromatic rings. The van der Waals surface area contributed by atoms with Crippen LogP contribution in [0.3, 0.4) is 0 Å². The number of hydrogen-bond donors (Lipinski definition) is 2. The average Bonchev–Trinajstić information content (AvgIpc) is 2.69. The zero-order valence-electron chi connectivity index (χ0n) is 8.74. The van der Waals surface area contributed by atoms with Gasteiger partial charge in [-0.05, 0) is 25.7 Å². The molecule has 0 aromatic heterocycles. The van der Waals surface area contributed by atoms with Crippen LogP contribution < -0.4 is 5.32 Å². The van der Waals surface area contributed by atoms with E-state index in [4.69, 9.17) is 4.74 Å². The quantitative estimate of drug-likeness (QED) is 0.714. The number of nitrogens with one attached hydrogen (secondary N) is 1. The Kier molecular flexibility index (Phi) is 3.79. The lowest BCUT2D eigenvalue weighted by Crippen LogP contribution is -2.44. The molecule has 1 aliphatic carbocycles. The van der Waals surface area contributed by atoms with E-state index in [1.54, 1.807) is 0 Å². The average molecular weight is 199 g/mol. The molecular weight excluding hydrogens is 178 g/mol. The topological polar surface area (TPSA) is 41.5 Å². The lowest BCUT2D eigenvalue weighted by molar-refractivity contribution is 0.0696. The highest BCUT2D eigenvalue weighted by Gasteiger charge is 2.24. The van der Waals surface area contributed by atoms with Gasteiger partial charge >= 0.3 is 0 Å². The van der Waals surface area contributed by atoms with Gasteiger partial charge in [0.25, 0.3) is 0 Å². The zero-order chi connectivity index (χ0) is 9.80.